The SMILES string of the molecule is Cc1ccc2cc(-c3ccc(F)cc3F)ccc2n1. The Labute approximate surface area is 109 Å². The van der Waals surface area contributed by atoms with Crippen molar-refractivity contribution in [2.45, 2.75) is 6.92 Å². The third-order valence-corrected chi connectivity index (χ3v) is 3.07. The van der Waals surface area contributed by atoms with Gasteiger partial charge in [0.25, 0.3) is 0 Å². The van der Waals surface area contributed by atoms with Crippen LogP contribution in [0.2, 0.25) is 0 Å². The summed E-state index contributed by atoms with van der Waals surface area (Å²) in [6.07, 6.45) is 0. The molecule has 0 aliphatic heterocycles. The van der Waals surface area contributed by atoms with Crippen molar-refractivity contribution in [1.29, 1.82) is 0 Å². The number of aromatic nitrogens is 1. The largest absolute Gasteiger partial charge is 0.253 e. The average Bonchev–Trinajstić information content (AvgIpc) is 2.38. The van der Waals surface area contributed by atoms with Crippen molar-refractivity contribution in [3.8, 4) is 11.1 Å². The van der Waals surface area contributed by atoms with E-state index in [9.17, 15) is 8.78 Å². The molecular weight excluding hydrogens is 244 g/mol. The number of benzene rings is 2. The van der Waals surface area contributed by atoms with Crippen LogP contribution in [0, 0.1) is 18.6 Å². The Balaban J connectivity index is 2.17. The number of halogens is 2. The van der Waals surface area contributed by atoms with Crippen LogP contribution in [0.25, 0.3) is 22.0 Å². The Bertz CT molecular complexity index is 766. The maximum Gasteiger partial charge on any atom is 0.133 e. The van der Waals surface area contributed by atoms with Gasteiger partial charge in [-0.1, -0.05) is 12.1 Å². The summed E-state index contributed by atoms with van der Waals surface area (Å²) < 4.78 is 26.7. The minimum Gasteiger partial charge on any atom is -0.253 e. The summed E-state index contributed by atoms with van der Waals surface area (Å²) in [6, 6.07) is 13.0. The molecular formula is C16H11F2N. The first kappa shape index (κ1) is 11.8. The highest BCUT2D eigenvalue weighted by atomic mass is 19.1. The summed E-state index contributed by atoms with van der Waals surface area (Å²) in [7, 11) is 0. The number of aryl methyl sites for hydroxylation is 1. The molecule has 0 atom stereocenters. The molecule has 0 spiro atoms. The van der Waals surface area contributed by atoms with Gasteiger partial charge in [0, 0.05) is 22.7 Å². The monoisotopic (exact) mass is 255 g/mol. The summed E-state index contributed by atoms with van der Waals surface area (Å²) in [4.78, 5) is 4.39. The molecule has 0 aliphatic carbocycles. The van der Waals surface area contributed by atoms with Crippen LogP contribution in [-0.4, -0.2) is 4.98 Å². The second kappa shape index (κ2) is 4.43. The predicted octanol–water partition coefficient (Wildman–Crippen LogP) is 4.49. The van der Waals surface area contributed by atoms with Gasteiger partial charge in [0.2, 0.25) is 0 Å². The van der Waals surface area contributed by atoms with E-state index >= 15 is 0 Å². The maximum atomic E-state index is 13.7. The lowest BCUT2D eigenvalue weighted by Gasteiger charge is -2.06. The van der Waals surface area contributed by atoms with Crippen LogP contribution < -0.4 is 0 Å². The van der Waals surface area contributed by atoms with E-state index in [1.807, 2.05) is 31.2 Å². The highest BCUT2D eigenvalue weighted by Gasteiger charge is 2.07. The lowest BCUT2D eigenvalue weighted by atomic mass is 10.0. The van der Waals surface area contributed by atoms with Gasteiger partial charge in [-0.15, -0.1) is 0 Å². The third kappa shape index (κ3) is 2.19. The molecule has 0 unspecified atom stereocenters. The average molecular weight is 255 g/mol. The summed E-state index contributed by atoms with van der Waals surface area (Å²) >= 11 is 0. The molecule has 19 heavy (non-hydrogen) atoms. The van der Waals surface area contributed by atoms with Gasteiger partial charge < -0.3 is 0 Å². The summed E-state index contributed by atoms with van der Waals surface area (Å²) in [6.45, 7) is 1.92. The molecule has 0 amide bonds. The Hall–Kier alpha value is -2.29. The van der Waals surface area contributed by atoms with Crippen molar-refractivity contribution < 1.29 is 8.78 Å². The van der Waals surface area contributed by atoms with Crippen LogP contribution in [0.3, 0.4) is 0 Å². The molecule has 94 valence electrons. The molecule has 1 heterocycles. The summed E-state index contributed by atoms with van der Waals surface area (Å²) in [5.74, 6) is -1.13. The number of hydrogen-bond donors (Lipinski definition) is 0. The van der Waals surface area contributed by atoms with Crippen molar-refractivity contribution >= 4 is 10.9 Å². The Morgan fingerprint density at radius 1 is 0.895 bits per heavy atom. The minimum atomic E-state index is -0.570. The van der Waals surface area contributed by atoms with Gasteiger partial charge in [-0.05, 0) is 42.8 Å². The quantitative estimate of drug-likeness (QED) is 0.624. The van der Waals surface area contributed by atoms with Crippen LogP contribution >= 0.6 is 0 Å². The van der Waals surface area contributed by atoms with Crippen molar-refractivity contribution in [3.63, 3.8) is 0 Å². The van der Waals surface area contributed by atoms with Crippen LogP contribution in [-0.2, 0) is 0 Å². The van der Waals surface area contributed by atoms with Crippen molar-refractivity contribution in [3.05, 3.63) is 65.9 Å². The van der Waals surface area contributed by atoms with E-state index < -0.39 is 11.6 Å². The molecule has 0 radical (unpaired) electrons. The second-order valence-corrected chi connectivity index (χ2v) is 4.48. The topological polar surface area (TPSA) is 12.9 Å². The summed E-state index contributed by atoms with van der Waals surface area (Å²) in [5, 5.41) is 0.937. The number of fused-ring (bicyclic) bond motifs is 1. The van der Waals surface area contributed by atoms with Gasteiger partial charge in [-0.25, -0.2) is 8.78 Å². The molecule has 1 aromatic heterocycles. The van der Waals surface area contributed by atoms with E-state index in [-0.39, 0.29) is 0 Å². The Morgan fingerprint density at radius 3 is 2.53 bits per heavy atom. The summed E-state index contributed by atoms with van der Waals surface area (Å²) in [5.41, 5.74) is 2.92. The normalized spacial score (nSPS) is 10.9. The zero-order valence-corrected chi connectivity index (χ0v) is 10.3. The number of rotatable bonds is 1. The molecule has 0 saturated carbocycles. The van der Waals surface area contributed by atoms with Crippen molar-refractivity contribution in [2.75, 3.05) is 0 Å². The Morgan fingerprint density at radius 2 is 1.74 bits per heavy atom. The molecule has 0 aliphatic rings. The van der Waals surface area contributed by atoms with Crippen LogP contribution in [0.15, 0.2) is 48.5 Å². The maximum absolute atomic E-state index is 13.7. The molecule has 3 heteroatoms. The fourth-order valence-electron chi connectivity index (χ4n) is 2.12. The minimum absolute atomic E-state index is 0.392. The van der Waals surface area contributed by atoms with E-state index in [1.165, 1.54) is 12.1 Å². The predicted molar refractivity (Wildman–Crippen MR) is 71.8 cm³/mol. The van der Waals surface area contributed by atoms with E-state index in [2.05, 4.69) is 4.98 Å². The van der Waals surface area contributed by atoms with Gasteiger partial charge in [0.1, 0.15) is 11.6 Å². The zero-order valence-electron chi connectivity index (χ0n) is 10.3. The molecule has 0 saturated heterocycles. The molecule has 3 aromatic rings. The third-order valence-electron chi connectivity index (χ3n) is 3.07. The van der Waals surface area contributed by atoms with E-state index in [0.29, 0.717) is 5.56 Å². The standard InChI is InChI=1S/C16H11F2N/c1-10-2-3-12-8-11(4-7-16(12)19-10)14-6-5-13(17)9-15(14)18/h2-9H,1H3. The fourth-order valence-corrected chi connectivity index (χ4v) is 2.12. The molecule has 0 fully saturated rings. The molecule has 0 N–H and O–H groups in total. The number of nitrogens with zero attached hydrogens (tertiary/aromatic N) is 1. The molecule has 2 aromatic carbocycles. The Kier molecular flexibility index (Phi) is 2.75. The van der Waals surface area contributed by atoms with Gasteiger partial charge in [0.05, 0.1) is 5.52 Å². The first-order chi connectivity index (χ1) is 9.13. The van der Waals surface area contributed by atoms with Crippen LogP contribution in [0.5, 0.6) is 0 Å². The smallest absolute Gasteiger partial charge is 0.133 e. The van der Waals surface area contributed by atoms with Crippen LogP contribution in [0.4, 0.5) is 8.78 Å². The first-order valence-electron chi connectivity index (χ1n) is 5.96. The number of hydrogen-bond acceptors (Lipinski definition) is 1. The van der Waals surface area contributed by atoms with Gasteiger partial charge in [-0.2, -0.15) is 0 Å². The van der Waals surface area contributed by atoms with Gasteiger partial charge in [-0.3, -0.25) is 4.98 Å². The first-order valence-corrected chi connectivity index (χ1v) is 5.96. The van der Waals surface area contributed by atoms with Crippen LogP contribution in [0.1, 0.15) is 5.69 Å². The highest BCUT2D eigenvalue weighted by Crippen LogP contribution is 2.26. The van der Waals surface area contributed by atoms with E-state index in [4.69, 9.17) is 0 Å². The number of pyridine rings is 1. The second-order valence-electron chi connectivity index (χ2n) is 4.48. The molecule has 3 rings (SSSR count). The lowest BCUT2D eigenvalue weighted by molar-refractivity contribution is 0.585. The zero-order chi connectivity index (χ0) is 13.4. The lowest BCUT2D eigenvalue weighted by Crippen LogP contribution is -1.88. The molecule has 0 bridgehead atoms. The van der Waals surface area contributed by atoms with Gasteiger partial charge in [0.15, 0.2) is 0 Å². The fraction of sp³-hybridized carbons (Fsp3) is 0.0625. The van der Waals surface area contributed by atoms with Crippen molar-refractivity contribution in [2.24, 2.45) is 0 Å². The van der Waals surface area contributed by atoms with Crippen molar-refractivity contribution in [1.82, 2.24) is 4.98 Å². The van der Waals surface area contributed by atoms with E-state index in [0.717, 1.165) is 28.2 Å². The highest BCUT2D eigenvalue weighted by molar-refractivity contribution is 5.84. The van der Waals surface area contributed by atoms with Gasteiger partial charge >= 0.3 is 0 Å². The van der Waals surface area contributed by atoms with E-state index in [1.54, 1.807) is 6.07 Å². The molecule has 1 nitrogen and oxygen atoms in total.